The summed E-state index contributed by atoms with van der Waals surface area (Å²) in [4.78, 5) is 13.9. The lowest BCUT2D eigenvalue weighted by Crippen LogP contribution is -2.43. The molecule has 6 heteroatoms. The Morgan fingerprint density at radius 1 is 1.48 bits per heavy atom. The van der Waals surface area contributed by atoms with E-state index in [9.17, 15) is 4.79 Å². The molecule has 1 heterocycles. The molecule has 0 aliphatic carbocycles. The summed E-state index contributed by atoms with van der Waals surface area (Å²) in [5.74, 6) is 0.713. The van der Waals surface area contributed by atoms with Crippen molar-refractivity contribution in [1.29, 1.82) is 0 Å². The average Bonchev–Trinajstić information content (AvgIpc) is 2.46. The molecule has 5 nitrogen and oxygen atoms in total. The molecule has 1 aromatic carbocycles. The molecule has 2 N–H and O–H groups in total. The summed E-state index contributed by atoms with van der Waals surface area (Å²) in [7, 11) is 0. The van der Waals surface area contributed by atoms with E-state index < -0.39 is 0 Å². The highest BCUT2D eigenvalue weighted by molar-refractivity contribution is 9.10. The third-order valence-electron chi connectivity index (χ3n) is 3.28. The second-order valence-corrected chi connectivity index (χ2v) is 6.13. The summed E-state index contributed by atoms with van der Waals surface area (Å²) in [5.41, 5.74) is 6.86. The molecule has 1 aromatic rings. The monoisotopic (exact) mass is 356 g/mol. The summed E-state index contributed by atoms with van der Waals surface area (Å²) >= 11 is 3.44. The van der Waals surface area contributed by atoms with Gasteiger partial charge in [0.25, 0.3) is 5.91 Å². The number of amides is 1. The number of halogens is 1. The summed E-state index contributed by atoms with van der Waals surface area (Å²) in [6.07, 6.45) is 0.709. The van der Waals surface area contributed by atoms with E-state index in [1.807, 2.05) is 25.1 Å². The number of ether oxygens (including phenoxy) is 2. The lowest BCUT2D eigenvalue weighted by Gasteiger charge is -2.27. The zero-order valence-electron chi connectivity index (χ0n) is 12.2. The molecule has 1 atom stereocenters. The van der Waals surface area contributed by atoms with Crippen LogP contribution in [0.15, 0.2) is 22.7 Å². The first kappa shape index (κ1) is 16.3. The summed E-state index contributed by atoms with van der Waals surface area (Å²) in [5, 5.41) is 0. The van der Waals surface area contributed by atoms with Gasteiger partial charge < -0.3 is 20.1 Å². The third kappa shape index (κ3) is 4.98. The molecule has 116 valence electrons. The van der Waals surface area contributed by atoms with Crippen molar-refractivity contribution in [3.05, 3.63) is 28.2 Å². The Morgan fingerprint density at radius 3 is 2.86 bits per heavy atom. The van der Waals surface area contributed by atoms with Crippen LogP contribution in [0.1, 0.15) is 12.5 Å². The Hall–Kier alpha value is -1.11. The highest BCUT2D eigenvalue weighted by Gasteiger charge is 2.18. The molecule has 21 heavy (non-hydrogen) atoms. The molecule has 1 aliphatic rings. The SMILES string of the molecule is CC(N)Cc1cc(Br)ccc1OCC(=O)N1CCOCC1. The van der Waals surface area contributed by atoms with Crippen molar-refractivity contribution in [2.75, 3.05) is 32.9 Å². The van der Waals surface area contributed by atoms with Gasteiger partial charge in [0, 0.05) is 23.6 Å². The molecule has 0 saturated carbocycles. The Balaban J connectivity index is 1.97. The first-order chi connectivity index (χ1) is 10.1. The van der Waals surface area contributed by atoms with Crippen molar-refractivity contribution in [3.63, 3.8) is 0 Å². The van der Waals surface area contributed by atoms with Gasteiger partial charge in [0.2, 0.25) is 0 Å². The van der Waals surface area contributed by atoms with Crippen LogP contribution in [0.4, 0.5) is 0 Å². The van der Waals surface area contributed by atoms with Gasteiger partial charge in [-0.1, -0.05) is 15.9 Å². The summed E-state index contributed by atoms with van der Waals surface area (Å²) < 4.78 is 11.9. The molecule has 2 rings (SSSR count). The fourth-order valence-electron chi connectivity index (χ4n) is 2.24. The number of nitrogens with zero attached hydrogens (tertiary/aromatic N) is 1. The molecular formula is C15H21BrN2O3. The number of rotatable bonds is 5. The van der Waals surface area contributed by atoms with Crippen molar-refractivity contribution in [2.45, 2.75) is 19.4 Å². The van der Waals surface area contributed by atoms with Gasteiger partial charge in [0.15, 0.2) is 6.61 Å². The molecule has 1 aliphatic heterocycles. The van der Waals surface area contributed by atoms with Crippen LogP contribution in [-0.4, -0.2) is 49.8 Å². The highest BCUT2D eigenvalue weighted by Crippen LogP contribution is 2.24. The number of benzene rings is 1. The van der Waals surface area contributed by atoms with Crippen LogP contribution in [0.25, 0.3) is 0 Å². The van der Waals surface area contributed by atoms with E-state index in [1.54, 1.807) is 4.90 Å². The topological polar surface area (TPSA) is 64.8 Å². The normalized spacial score (nSPS) is 16.6. The fourth-order valence-corrected chi connectivity index (χ4v) is 2.65. The van der Waals surface area contributed by atoms with Gasteiger partial charge in [-0.05, 0) is 37.1 Å². The molecule has 1 saturated heterocycles. The number of carbonyl (C=O) groups excluding carboxylic acids is 1. The molecule has 0 radical (unpaired) electrons. The maximum atomic E-state index is 12.1. The number of morpholine rings is 1. The minimum absolute atomic E-state index is 0.00651. The predicted octanol–water partition coefficient (Wildman–Crippen LogP) is 1.58. The quantitative estimate of drug-likeness (QED) is 0.869. The molecule has 1 fully saturated rings. The molecule has 0 bridgehead atoms. The first-order valence-corrected chi connectivity index (χ1v) is 7.88. The lowest BCUT2D eigenvalue weighted by molar-refractivity contribution is -0.137. The molecule has 0 aromatic heterocycles. The Morgan fingerprint density at radius 2 is 2.19 bits per heavy atom. The Bertz CT molecular complexity index is 488. The van der Waals surface area contributed by atoms with Crippen LogP contribution >= 0.6 is 15.9 Å². The van der Waals surface area contributed by atoms with Gasteiger partial charge in [-0.25, -0.2) is 0 Å². The first-order valence-electron chi connectivity index (χ1n) is 7.08. The van der Waals surface area contributed by atoms with Gasteiger partial charge in [0.1, 0.15) is 5.75 Å². The zero-order valence-corrected chi connectivity index (χ0v) is 13.8. The Kier molecular flexibility index (Phi) is 6.02. The van der Waals surface area contributed by atoms with Crippen LogP contribution < -0.4 is 10.5 Å². The van der Waals surface area contributed by atoms with Crippen LogP contribution in [-0.2, 0) is 16.0 Å². The van der Waals surface area contributed by atoms with Gasteiger partial charge in [-0.3, -0.25) is 4.79 Å². The van der Waals surface area contributed by atoms with E-state index in [0.717, 1.165) is 15.8 Å². The molecule has 0 spiro atoms. The van der Waals surface area contributed by atoms with Gasteiger partial charge in [-0.15, -0.1) is 0 Å². The van der Waals surface area contributed by atoms with Gasteiger partial charge in [0.05, 0.1) is 13.2 Å². The maximum absolute atomic E-state index is 12.1. The zero-order chi connectivity index (χ0) is 15.2. The van der Waals surface area contributed by atoms with Crippen molar-refractivity contribution >= 4 is 21.8 Å². The summed E-state index contributed by atoms with van der Waals surface area (Å²) in [6, 6.07) is 5.79. The smallest absolute Gasteiger partial charge is 0.260 e. The second kappa shape index (κ2) is 7.77. The van der Waals surface area contributed by atoms with Crippen LogP contribution in [0, 0.1) is 0 Å². The van der Waals surface area contributed by atoms with E-state index >= 15 is 0 Å². The molecule has 1 unspecified atom stereocenters. The van der Waals surface area contributed by atoms with E-state index in [2.05, 4.69) is 15.9 Å². The van der Waals surface area contributed by atoms with Crippen LogP contribution in [0.2, 0.25) is 0 Å². The standard InChI is InChI=1S/C15H21BrN2O3/c1-11(17)8-12-9-13(16)2-3-14(12)21-10-15(19)18-4-6-20-7-5-18/h2-3,9,11H,4-8,10,17H2,1H3. The lowest BCUT2D eigenvalue weighted by atomic mass is 10.1. The number of carbonyl (C=O) groups is 1. The van der Waals surface area contributed by atoms with Crippen LogP contribution in [0.3, 0.4) is 0 Å². The maximum Gasteiger partial charge on any atom is 0.260 e. The molecule has 1 amide bonds. The largest absolute Gasteiger partial charge is 0.483 e. The molecular weight excluding hydrogens is 336 g/mol. The third-order valence-corrected chi connectivity index (χ3v) is 3.77. The number of hydrogen-bond acceptors (Lipinski definition) is 4. The minimum atomic E-state index is -0.00651. The van der Waals surface area contributed by atoms with Crippen molar-refractivity contribution < 1.29 is 14.3 Å². The van der Waals surface area contributed by atoms with Gasteiger partial charge >= 0.3 is 0 Å². The fraction of sp³-hybridized carbons (Fsp3) is 0.533. The Labute approximate surface area is 133 Å². The average molecular weight is 357 g/mol. The van der Waals surface area contributed by atoms with Gasteiger partial charge in [-0.2, -0.15) is 0 Å². The van der Waals surface area contributed by atoms with E-state index in [4.69, 9.17) is 15.2 Å². The number of nitrogens with two attached hydrogens (primary N) is 1. The van der Waals surface area contributed by atoms with Crippen molar-refractivity contribution in [2.24, 2.45) is 5.73 Å². The number of hydrogen-bond donors (Lipinski definition) is 1. The summed E-state index contributed by atoms with van der Waals surface area (Å²) in [6.45, 7) is 4.46. The van der Waals surface area contributed by atoms with E-state index in [1.165, 1.54) is 0 Å². The predicted molar refractivity (Wildman–Crippen MR) is 84.4 cm³/mol. The van der Waals surface area contributed by atoms with E-state index in [0.29, 0.717) is 32.7 Å². The highest BCUT2D eigenvalue weighted by atomic mass is 79.9. The van der Waals surface area contributed by atoms with Crippen molar-refractivity contribution in [1.82, 2.24) is 4.90 Å². The van der Waals surface area contributed by atoms with Crippen LogP contribution in [0.5, 0.6) is 5.75 Å². The minimum Gasteiger partial charge on any atom is -0.483 e. The second-order valence-electron chi connectivity index (χ2n) is 5.22. The van der Waals surface area contributed by atoms with Crippen molar-refractivity contribution in [3.8, 4) is 5.75 Å². The van der Waals surface area contributed by atoms with E-state index in [-0.39, 0.29) is 18.6 Å².